The van der Waals surface area contributed by atoms with Crippen molar-refractivity contribution >= 4 is 22.6 Å². The average molecular weight is 216 g/mol. The van der Waals surface area contributed by atoms with Crippen LogP contribution in [0, 0.1) is 0 Å². The predicted molar refractivity (Wildman–Crippen MR) is 33.3 cm³/mol. The van der Waals surface area contributed by atoms with E-state index in [-0.39, 0.29) is 10.5 Å². The summed E-state index contributed by atoms with van der Waals surface area (Å²) in [4.78, 5) is 0. The van der Waals surface area contributed by atoms with Gasteiger partial charge in [0.25, 0.3) is 0 Å². The number of aliphatic hydroxyl groups excluding tert-OH is 1. The Bertz CT molecular complexity index is 83.8. The molecule has 3 heteroatoms. The van der Waals surface area contributed by atoms with Crippen LogP contribution in [0.3, 0.4) is 0 Å². The summed E-state index contributed by atoms with van der Waals surface area (Å²) in [6.07, 6.45) is 0.532. The van der Waals surface area contributed by atoms with E-state index < -0.39 is 5.67 Å². The van der Waals surface area contributed by atoms with Crippen LogP contribution >= 0.6 is 22.6 Å². The largest absolute Gasteiger partial charge is 0.393 e. The number of hydrogen-bond donors (Lipinski definition) is 1. The van der Waals surface area contributed by atoms with Gasteiger partial charge in [-0.1, -0.05) is 22.6 Å². The lowest BCUT2D eigenvalue weighted by Crippen LogP contribution is -2.08. The molecule has 0 heterocycles. The molecule has 7 heavy (non-hydrogen) atoms. The van der Waals surface area contributed by atoms with E-state index in [1.807, 2.05) is 22.6 Å². The third-order valence-corrected chi connectivity index (χ3v) is 2.74. The number of aliphatic hydroxyl groups is 1. The monoisotopic (exact) mass is 216 g/mol. The van der Waals surface area contributed by atoms with Gasteiger partial charge in [-0.3, -0.25) is 0 Å². The number of alkyl halides is 2. The predicted octanol–water partition coefficient (Wildman–Crippen LogP) is 0.894. The summed E-state index contributed by atoms with van der Waals surface area (Å²) < 4.78 is 12.4. The highest BCUT2D eigenvalue weighted by molar-refractivity contribution is 14.1. The summed E-state index contributed by atoms with van der Waals surface area (Å²) in [5.74, 6) is 0. The molecule has 1 aliphatic carbocycles. The first kappa shape index (κ1) is 5.75. The average Bonchev–Trinajstić information content (AvgIpc) is 2.18. The van der Waals surface area contributed by atoms with Gasteiger partial charge in [-0.15, -0.1) is 0 Å². The van der Waals surface area contributed by atoms with Crippen molar-refractivity contribution in [2.24, 2.45) is 0 Å². The fourth-order valence-electron chi connectivity index (χ4n) is 0.403. The Kier molecular flexibility index (Phi) is 1.27. The Labute approximate surface area is 55.0 Å². The van der Waals surface area contributed by atoms with Gasteiger partial charge in [-0.05, 0) is 6.42 Å². The lowest BCUT2D eigenvalue weighted by atomic mass is 10.4. The second kappa shape index (κ2) is 1.55. The summed E-state index contributed by atoms with van der Waals surface area (Å²) in [5.41, 5.74) is -1.21. The fourth-order valence-corrected chi connectivity index (χ4v) is 1.33. The maximum atomic E-state index is 12.4. The van der Waals surface area contributed by atoms with Gasteiger partial charge in [0.1, 0.15) is 5.67 Å². The van der Waals surface area contributed by atoms with E-state index in [0.29, 0.717) is 6.42 Å². The summed E-state index contributed by atoms with van der Waals surface area (Å²) in [7, 11) is 0. The van der Waals surface area contributed by atoms with Crippen LogP contribution < -0.4 is 0 Å². The van der Waals surface area contributed by atoms with E-state index in [1.165, 1.54) is 0 Å². The lowest BCUT2D eigenvalue weighted by molar-refractivity contribution is 0.163. The minimum atomic E-state index is -1.21. The molecule has 2 atom stereocenters. The van der Waals surface area contributed by atoms with E-state index in [0.717, 1.165) is 0 Å². The van der Waals surface area contributed by atoms with E-state index >= 15 is 0 Å². The van der Waals surface area contributed by atoms with Crippen LogP contribution in [0.2, 0.25) is 0 Å². The molecule has 0 unspecified atom stereocenters. The molecule has 0 bridgehead atoms. The van der Waals surface area contributed by atoms with Crippen LogP contribution in [0.1, 0.15) is 6.42 Å². The third kappa shape index (κ3) is 0.887. The van der Waals surface area contributed by atoms with Crippen molar-refractivity contribution in [2.45, 2.75) is 16.0 Å². The highest BCUT2D eigenvalue weighted by atomic mass is 127. The van der Waals surface area contributed by atoms with E-state index in [4.69, 9.17) is 5.11 Å². The van der Waals surface area contributed by atoms with Crippen molar-refractivity contribution in [3.05, 3.63) is 0 Å². The van der Waals surface area contributed by atoms with Gasteiger partial charge in [0, 0.05) is 0 Å². The number of hydrogen-bond acceptors (Lipinski definition) is 1. The van der Waals surface area contributed by atoms with Gasteiger partial charge in [-0.25, -0.2) is 4.39 Å². The third-order valence-electron chi connectivity index (χ3n) is 1.18. The topological polar surface area (TPSA) is 20.2 Å². The molecule has 0 spiro atoms. The van der Waals surface area contributed by atoms with Gasteiger partial charge in [-0.2, -0.15) is 0 Å². The Morgan fingerprint density at radius 1 is 2.00 bits per heavy atom. The Hall–Kier alpha value is 0.620. The Balaban J connectivity index is 2.36. The molecule has 42 valence electrons. The molecule has 0 aromatic rings. The number of rotatable bonds is 1. The molecular formula is C4H6FIO. The van der Waals surface area contributed by atoms with Crippen LogP contribution in [0.25, 0.3) is 0 Å². The van der Waals surface area contributed by atoms with Crippen molar-refractivity contribution in [1.29, 1.82) is 0 Å². The maximum absolute atomic E-state index is 12.4. The highest BCUT2D eigenvalue weighted by Gasteiger charge is 2.53. The van der Waals surface area contributed by atoms with Gasteiger partial charge in [0.15, 0.2) is 0 Å². The summed E-state index contributed by atoms with van der Waals surface area (Å²) in [6.45, 7) is -0.305. The molecule has 1 rings (SSSR count). The Morgan fingerprint density at radius 3 is 2.43 bits per heavy atom. The molecule has 1 saturated carbocycles. The maximum Gasteiger partial charge on any atom is 0.146 e. The van der Waals surface area contributed by atoms with Gasteiger partial charge in [0.2, 0.25) is 0 Å². The first-order valence-electron chi connectivity index (χ1n) is 2.13. The van der Waals surface area contributed by atoms with Crippen molar-refractivity contribution in [1.82, 2.24) is 0 Å². The summed E-state index contributed by atoms with van der Waals surface area (Å²) in [5, 5.41) is 8.26. The zero-order valence-corrected chi connectivity index (χ0v) is 5.85. The van der Waals surface area contributed by atoms with Crippen LogP contribution in [0.4, 0.5) is 4.39 Å². The normalized spacial score (nSPS) is 49.3. The molecule has 1 N–H and O–H groups in total. The Morgan fingerprint density at radius 2 is 2.43 bits per heavy atom. The fraction of sp³-hybridized carbons (Fsp3) is 1.00. The molecule has 0 amide bonds. The molecule has 0 aromatic carbocycles. The highest BCUT2D eigenvalue weighted by Crippen LogP contribution is 2.45. The molecule has 0 aromatic heterocycles. The molecule has 1 nitrogen and oxygen atoms in total. The van der Waals surface area contributed by atoms with Gasteiger partial charge >= 0.3 is 0 Å². The second-order valence-electron chi connectivity index (χ2n) is 1.86. The number of halogens is 2. The van der Waals surface area contributed by atoms with Gasteiger partial charge < -0.3 is 5.11 Å². The zero-order valence-electron chi connectivity index (χ0n) is 3.69. The molecule has 0 radical (unpaired) electrons. The molecule has 0 saturated heterocycles. The SMILES string of the molecule is OC[C@@]1(F)C[C@@H]1I. The quantitative estimate of drug-likeness (QED) is 0.509. The van der Waals surface area contributed by atoms with E-state index in [9.17, 15) is 4.39 Å². The second-order valence-corrected chi connectivity index (χ2v) is 3.37. The van der Waals surface area contributed by atoms with E-state index in [2.05, 4.69) is 0 Å². The van der Waals surface area contributed by atoms with Crippen molar-refractivity contribution < 1.29 is 9.50 Å². The standard InChI is InChI=1S/C4H6FIO/c5-4(2-7)1-3(4)6/h3,7H,1-2H2/t3-,4-/m0/s1. The molecule has 1 aliphatic rings. The van der Waals surface area contributed by atoms with E-state index in [1.54, 1.807) is 0 Å². The first-order chi connectivity index (χ1) is 3.19. The van der Waals surface area contributed by atoms with Crippen molar-refractivity contribution in [2.75, 3.05) is 6.61 Å². The van der Waals surface area contributed by atoms with Crippen molar-refractivity contribution in [3.63, 3.8) is 0 Å². The summed E-state index contributed by atoms with van der Waals surface area (Å²) in [6, 6.07) is 0. The summed E-state index contributed by atoms with van der Waals surface area (Å²) >= 11 is 2.00. The van der Waals surface area contributed by atoms with Crippen molar-refractivity contribution in [3.8, 4) is 0 Å². The van der Waals surface area contributed by atoms with Gasteiger partial charge in [0.05, 0.1) is 10.5 Å². The lowest BCUT2D eigenvalue weighted by Gasteiger charge is -1.94. The van der Waals surface area contributed by atoms with Crippen LogP contribution in [0.5, 0.6) is 0 Å². The molecular weight excluding hydrogens is 210 g/mol. The van der Waals surface area contributed by atoms with Crippen LogP contribution in [0.15, 0.2) is 0 Å². The minimum Gasteiger partial charge on any atom is -0.393 e. The smallest absolute Gasteiger partial charge is 0.146 e. The first-order valence-corrected chi connectivity index (χ1v) is 3.37. The molecule has 1 fully saturated rings. The zero-order chi connectivity index (χ0) is 5.49. The van der Waals surface area contributed by atoms with Crippen LogP contribution in [-0.2, 0) is 0 Å². The minimum absolute atomic E-state index is 0.0649. The van der Waals surface area contributed by atoms with Crippen LogP contribution in [-0.4, -0.2) is 21.3 Å². The molecule has 0 aliphatic heterocycles.